The molecule has 1 N–H and O–H groups in total. The van der Waals surface area contributed by atoms with Crippen molar-refractivity contribution in [2.75, 3.05) is 6.61 Å². The SMILES string of the molecule is CCCCC(CC)COC(=O)C=Cc1ccc(CO)cc1. The van der Waals surface area contributed by atoms with Crippen molar-refractivity contribution < 1.29 is 14.6 Å². The fourth-order valence-corrected chi connectivity index (χ4v) is 2.04. The van der Waals surface area contributed by atoms with Crippen molar-refractivity contribution in [3.05, 3.63) is 41.5 Å². The highest BCUT2D eigenvalue weighted by atomic mass is 16.5. The van der Waals surface area contributed by atoms with E-state index in [2.05, 4.69) is 13.8 Å². The summed E-state index contributed by atoms with van der Waals surface area (Å²) >= 11 is 0. The van der Waals surface area contributed by atoms with Crippen LogP contribution in [0.5, 0.6) is 0 Å². The largest absolute Gasteiger partial charge is 0.462 e. The van der Waals surface area contributed by atoms with Crippen LogP contribution in [-0.2, 0) is 16.1 Å². The van der Waals surface area contributed by atoms with Crippen molar-refractivity contribution in [2.24, 2.45) is 5.92 Å². The van der Waals surface area contributed by atoms with Gasteiger partial charge in [-0.05, 0) is 29.5 Å². The van der Waals surface area contributed by atoms with E-state index < -0.39 is 0 Å². The first-order chi connectivity index (χ1) is 10.2. The molecule has 0 amide bonds. The summed E-state index contributed by atoms with van der Waals surface area (Å²) in [4.78, 5) is 11.7. The minimum absolute atomic E-state index is 0.0300. The van der Waals surface area contributed by atoms with Crippen molar-refractivity contribution in [1.82, 2.24) is 0 Å². The fourth-order valence-electron chi connectivity index (χ4n) is 2.04. The normalized spacial score (nSPS) is 12.5. The molecular weight excluding hydrogens is 264 g/mol. The van der Waals surface area contributed by atoms with Gasteiger partial charge in [-0.2, -0.15) is 0 Å². The van der Waals surface area contributed by atoms with Gasteiger partial charge >= 0.3 is 5.97 Å². The molecule has 0 spiro atoms. The number of hydrogen-bond donors (Lipinski definition) is 1. The standard InChI is InChI=1S/C18H26O3/c1-3-5-6-15(4-2)14-21-18(20)12-11-16-7-9-17(13-19)10-8-16/h7-12,15,19H,3-6,13-14H2,1-2H3. The Hall–Kier alpha value is -1.61. The fraction of sp³-hybridized carbons (Fsp3) is 0.500. The smallest absolute Gasteiger partial charge is 0.330 e. The Labute approximate surface area is 127 Å². The summed E-state index contributed by atoms with van der Waals surface area (Å²) in [7, 11) is 0. The van der Waals surface area contributed by atoms with E-state index >= 15 is 0 Å². The van der Waals surface area contributed by atoms with Crippen LogP contribution in [-0.4, -0.2) is 17.7 Å². The maximum absolute atomic E-state index is 11.7. The second kappa shape index (κ2) is 10.2. The van der Waals surface area contributed by atoms with Gasteiger partial charge in [-0.25, -0.2) is 4.79 Å². The van der Waals surface area contributed by atoms with Crippen LogP contribution in [0, 0.1) is 5.92 Å². The third kappa shape index (κ3) is 7.09. The summed E-state index contributed by atoms with van der Waals surface area (Å²) in [5.74, 6) is 0.169. The van der Waals surface area contributed by atoms with Gasteiger partial charge in [0.25, 0.3) is 0 Å². The maximum Gasteiger partial charge on any atom is 0.330 e. The van der Waals surface area contributed by atoms with Crippen molar-refractivity contribution in [3.8, 4) is 0 Å². The van der Waals surface area contributed by atoms with Gasteiger partial charge in [-0.15, -0.1) is 0 Å². The number of esters is 1. The maximum atomic E-state index is 11.7. The Morgan fingerprint density at radius 1 is 1.29 bits per heavy atom. The van der Waals surface area contributed by atoms with E-state index in [4.69, 9.17) is 9.84 Å². The molecule has 1 rings (SSSR count). The number of carbonyl (C=O) groups is 1. The predicted octanol–water partition coefficient (Wildman–Crippen LogP) is 3.95. The molecule has 0 aliphatic heterocycles. The summed E-state index contributed by atoms with van der Waals surface area (Å²) in [5, 5.41) is 8.96. The number of benzene rings is 1. The Kier molecular flexibility index (Phi) is 8.44. The molecule has 1 atom stereocenters. The molecular formula is C18H26O3. The molecule has 0 bridgehead atoms. The van der Waals surface area contributed by atoms with Gasteiger partial charge in [-0.1, -0.05) is 57.4 Å². The average Bonchev–Trinajstić information content (AvgIpc) is 2.53. The predicted molar refractivity (Wildman–Crippen MR) is 85.7 cm³/mol. The van der Waals surface area contributed by atoms with E-state index in [-0.39, 0.29) is 12.6 Å². The van der Waals surface area contributed by atoms with Gasteiger partial charge in [0.05, 0.1) is 13.2 Å². The van der Waals surface area contributed by atoms with Gasteiger partial charge in [0.1, 0.15) is 0 Å². The summed E-state index contributed by atoms with van der Waals surface area (Å²) in [6.45, 7) is 4.83. The van der Waals surface area contributed by atoms with E-state index in [0.717, 1.165) is 24.0 Å². The molecule has 116 valence electrons. The lowest BCUT2D eigenvalue weighted by Gasteiger charge is -2.13. The molecule has 0 fully saturated rings. The lowest BCUT2D eigenvalue weighted by Crippen LogP contribution is -2.12. The zero-order valence-electron chi connectivity index (χ0n) is 13.0. The topological polar surface area (TPSA) is 46.5 Å². The van der Waals surface area contributed by atoms with Crippen LogP contribution in [0.15, 0.2) is 30.3 Å². The van der Waals surface area contributed by atoms with E-state index in [0.29, 0.717) is 12.5 Å². The monoisotopic (exact) mass is 290 g/mol. The van der Waals surface area contributed by atoms with Crippen LogP contribution >= 0.6 is 0 Å². The summed E-state index contributed by atoms with van der Waals surface area (Å²) in [5.41, 5.74) is 1.78. The molecule has 1 aromatic carbocycles. The molecule has 3 heteroatoms. The van der Waals surface area contributed by atoms with Crippen molar-refractivity contribution >= 4 is 12.0 Å². The molecule has 0 aliphatic rings. The summed E-state index contributed by atoms with van der Waals surface area (Å²) in [6.07, 6.45) is 7.71. The lowest BCUT2D eigenvalue weighted by molar-refractivity contribution is -0.139. The number of ether oxygens (including phenoxy) is 1. The molecule has 0 radical (unpaired) electrons. The zero-order chi connectivity index (χ0) is 15.5. The number of aliphatic hydroxyl groups excluding tert-OH is 1. The minimum atomic E-state index is -0.295. The highest BCUT2D eigenvalue weighted by Crippen LogP contribution is 2.13. The molecule has 0 aromatic heterocycles. The zero-order valence-corrected chi connectivity index (χ0v) is 13.0. The number of aliphatic hydroxyl groups is 1. The first kappa shape index (κ1) is 17.4. The average molecular weight is 290 g/mol. The summed E-state index contributed by atoms with van der Waals surface area (Å²) in [6, 6.07) is 7.41. The molecule has 1 aromatic rings. The highest BCUT2D eigenvalue weighted by molar-refractivity contribution is 5.87. The number of carbonyl (C=O) groups excluding carboxylic acids is 1. The Bertz CT molecular complexity index is 434. The lowest BCUT2D eigenvalue weighted by atomic mass is 10.0. The van der Waals surface area contributed by atoms with E-state index in [9.17, 15) is 4.79 Å². The first-order valence-electron chi connectivity index (χ1n) is 7.74. The molecule has 0 saturated carbocycles. The molecule has 21 heavy (non-hydrogen) atoms. The van der Waals surface area contributed by atoms with Crippen LogP contribution in [0.4, 0.5) is 0 Å². The Morgan fingerprint density at radius 3 is 2.57 bits per heavy atom. The van der Waals surface area contributed by atoms with Crippen LogP contribution in [0.1, 0.15) is 50.7 Å². The number of rotatable bonds is 9. The second-order valence-electron chi connectivity index (χ2n) is 5.28. The van der Waals surface area contributed by atoms with E-state index in [1.165, 1.54) is 18.9 Å². The van der Waals surface area contributed by atoms with Crippen molar-refractivity contribution in [1.29, 1.82) is 0 Å². The highest BCUT2D eigenvalue weighted by Gasteiger charge is 2.08. The molecule has 0 heterocycles. The van der Waals surface area contributed by atoms with Crippen LogP contribution in [0.25, 0.3) is 6.08 Å². The first-order valence-corrected chi connectivity index (χ1v) is 7.74. The van der Waals surface area contributed by atoms with Crippen LogP contribution in [0.3, 0.4) is 0 Å². The van der Waals surface area contributed by atoms with Gasteiger partial charge in [0.15, 0.2) is 0 Å². The Morgan fingerprint density at radius 2 is 2.00 bits per heavy atom. The molecule has 0 saturated heterocycles. The molecule has 0 aliphatic carbocycles. The van der Waals surface area contributed by atoms with Crippen LogP contribution in [0.2, 0.25) is 0 Å². The number of unbranched alkanes of at least 4 members (excludes halogenated alkanes) is 1. The second-order valence-corrected chi connectivity index (χ2v) is 5.28. The van der Waals surface area contributed by atoms with E-state index in [1.807, 2.05) is 24.3 Å². The third-order valence-corrected chi connectivity index (χ3v) is 3.58. The third-order valence-electron chi connectivity index (χ3n) is 3.58. The molecule has 1 unspecified atom stereocenters. The number of hydrogen-bond acceptors (Lipinski definition) is 3. The molecule has 3 nitrogen and oxygen atoms in total. The van der Waals surface area contributed by atoms with Crippen LogP contribution < -0.4 is 0 Å². The summed E-state index contributed by atoms with van der Waals surface area (Å²) < 4.78 is 5.29. The quantitative estimate of drug-likeness (QED) is 0.553. The van der Waals surface area contributed by atoms with Crippen molar-refractivity contribution in [2.45, 2.75) is 46.1 Å². The van der Waals surface area contributed by atoms with Gasteiger partial charge in [0.2, 0.25) is 0 Å². The van der Waals surface area contributed by atoms with Gasteiger partial charge < -0.3 is 9.84 Å². The van der Waals surface area contributed by atoms with Gasteiger partial charge in [-0.3, -0.25) is 0 Å². The van der Waals surface area contributed by atoms with E-state index in [1.54, 1.807) is 6.08 Å². The minimum Gasteiger partial charge on any atom is -0.462 e. The Balaban J connectivity index is 2.39. The van der Waals surface area contributed by atoms with Crippen molar-refractivity contribution in [3.63, 3.8) is 0 Å². The van der Waals surface area contributed by atoms with Gasteiger partial charge in [0, 0.05) is 6.08 Å².